The van der Waals surface area contributed by atoms with E-state index < -0.39 is 0 Å². The predicted molar refractivity (Wildman–Crippen MR) is 75.7 cm³/mol. The van der Waals surface area contributed by atoms with Crippen LogP contribution < -0.4 is 0 Å². The lowest BCUT2D eigenvalue weighted by Crippen LogP contribution is -2.38. The average Bonchev–Trinajstić information content (AvgIpc) is 2.39. The number of halogens is 1. The van der Waals surface area contributed by atoms with Crippen LogP contribution in [0.5, 0.6) is 0 Å². The van der Waals surface area contributed by atoms with E-state index in [0.717, 1.165) is 10.8 Å². The van der Waals surface area contributed by atoms with Crippen molar-refractivity contribution in [3.63, 3.8) is 0 Å². The van der Waals surface area contributed by atoms with E-state index in [1.54, 1.807) is 0 Å². The second kappa shape index (κ2) is 5.07. The van der Waals surface area contributed by atoms with Crippen molar-refractivity contribution in [2.24, 2.45) is 10.9 Å². The third-order valence-electron chi connectivity index (χ3n) is 3.56. The first-order chi connectivity index (χ1) is 8.33. The summed E-state index contributed by atoms with van der Waals surface area (Å²) in [5.41, 5.74) is 0. The van der Waals surface area contributed by atoms with E-state index in [4.69, 9.17) is 16.6 Å². The van der Waals surface area contributed by atoms with Crippen LogP contribution in [0, 0.1) is 5.92 Å². The number of hydrogen-bond donors (Lipinski definition) is 0. The van der Waals surface area contributed by atoms with Crippen molar-refractivity contribution in [3.05, 3.63) is 23.3 Å². The number of hydrogen-bond acceptors (Lipinski definition) is 3. The Labute approximate surface area is 112 Å². The molecule has 0 amide bonds. The van der Waals surface area contributed by atoms with Crippen LogP contribution in [0.25, 0.3) is 0 Å². The minimum atomic E-state index is 0.269. The van der Waals surface area contributed by atoms with E-state index >= 15 is 0 Å². The van der Waals surface area contributed by atoms with Crippen LogP contribution in [0.1, 0.15) is 19.3 Å². The number of rotatable bonds is 0. The zero-order valence-electron chi connectivity index (χ0n) is 9.81. The van der Waals surface area contributed by atoms with Crippen molar-refractivity contribution in [1.82, 2.24) is 4.90 Å². The van der Waals surface area contributed by atoms with E-state index in [1.165, 1.54) is 37.5 Å². The molecule has 0 aromatic rings. The molecule has 0 aromatic heterocycles. The molecule has 1 saturated heterocycles. The van der Waals surface area contributed by atoms with Crippen molar-refractivity contribution in [3.8, 4) is 0 Å². The number of aliphatic imine (C=N–C) groups is 1. The maximum Gasteiger partial charge on any atom is 0.159 e. The topological polar surface area (TPSA) is 15.6 Å². The number of likely N-dealkylation sites (tertiary alicyclic amines) is 1. The molecule has 0 spiro atoms. The lowest BCUT2D eigenvalue weighted by molar-refractivity contribution is 0.345. The summed E-state index contributed by atoms with van der Waals surface area (Å²) in [6, 6.07) is 0.269. The van der Waals surface area contributed by atoms with Crippen molar-refractivity contribution in [2.75, 3.05) is 18.8 Å². The maximum absolute atomic E-state index is 6.05. The molecular weight excluding hydrogens is 252 g/mol. The first-order valence-electron chi connectivity index (χ1n) is 6.34. The van der Waals surface area contributed by atoms with Gasteiger partial charge in [0.05, 0.1) is 6.04 Å². The van der Waals surface area contributed by atoms with Gasteiger partial charge in [-0.15, -0.1) is 0 Å². The fraction of sp³-hybridized carbons (Fsp3) is 0.615. The Kier molecular flexibility index (Phi) is 3.48. The van der Waals surface area contributed by atoms with E-state index in [0.29, 0.717) is 5.92 Å². The number of nitrogens with zero attached hydrogens (tertiary/aromatic N) is 2. The third kappa shape index (κ3) is 2.55. The number of amidine groups is 1. The van der Waals surface area contributed by atoms with E-state index in [-0.39, 0.29) is 6.04 Å². The number of thioether (sulfide) groups is 1. The van der Waals surface area contributed by atoms with Gasteiger partial charge in [0, 0.05) is 29.8 Å². The Hall–Kier alpha value is -0.410. The smallest absolute Gasteiger partial charge is 0.159 e. The minimum absolute atomic E-state index is 0.269. The largest absolute Gasteiger partial charge is 0.351 e. The zero-order chi connectivity index (χ0) is 11.7. The van der Waals surface area contributed by atoms with Crippen LogP contribution in [0.4, 0.5) is 0 Å². The van der Waals surface area contributed by atoms with E-state index in [2.05, 4.69) is 17.1 Å². The average molecular weight is 269 g/mol. The molecule has 4 heteroatoms. The summed E-state index contributed by atoms with van der Waals surface area (Å²) in [4.78, 5) is 7.32. The summed E-state index contributed by atoms with van der Waals surface area (Å²) >= 11 is 7.96. The Morgan fingerprint density at radius 3 is 2.94 bits per heavy atom. The van der Waals surface area contributed by atoms with Crippen LogP contribution in [-0.4, -0.2) is 35.0 Å². The fourth-order valence-corrected chi connectivity index (χ4v) is 3.97. The van der Waals surface area contributed by atoms with Gasteiger partial charge in [0.25, 0.3) is 0 Å². The number of allylic oxidation sites excluding steroid dienone is 2. The van der Waals surface area contributed by atoms with Crippen LogP contribution >= 0.6 is 23.4 Å². The molecule has 3 aliphatic rings. The Bertz CT molecular complexity index is 383. The highest BCUT2D eigenvalue weighted by atomic mass is 35.5. The van der Waals surface area contributed by atoms with Crippen molar-refractivity contribution in [2.45, 2.75) is 25.3 Å². The van der Waals surface area contributed by atoms with Crippen molar-refractivity contribution in [1.29, 1.82) is 0 Å². The monoisotopic (exact) mass is 268 g/mol. The summed E-state index contributed by atoms with van der Waals surface area (Å²) in [6.45, 7) is 2.35. The molecule has 2 atom stereocenters. The maximum atomic E-state index is 6.05. The van der Waals surface area contributed by atoms with E-state index in [1.807, 2.05) is 17.8 Å². The molecule has 0 aromatic carbocycles. The summed E-state index contributed by atoms with van der Waals surface area (Å²) in [5, 5.41) is 2.07. The van der Waals surface area contributed by atoms with Gasteiger partial charge in [0.1, 0.15) is 0 Å². The predicted octanol–water partition coefficient (Wildman–Crippen LogP) is 3.25. The minimum Gasteiger partial charge on any atom is -0.351 e. The highest BCUT2D eigenvalue weighted by molar-refractivity contribution is 8.13. The van der Waals surface area contributed by atoms with E-state index in [9.17, 15) is 0 Å². The summed E-state index contributed by atoms with van der Waals surface area (Å²) in [6.07, 6.45) is 10.3. The second-order valence-corrected chi connectivity index (χ2v) is 6.26. The second-order valence-electron chi connectivity index (χ2n) is 4.84. The van der Waals surface area contributed by atoms with Crippen LogP contribution in [0.2, 0.25) is 0 Å². The molecule has 2 aliphatic heterocycles. The molecule has 0 radical (unpaired) electrons. The van der Waals surface area contributed by atoms with Gasteiger partial charge in [-0.2, -0.15) is 0 Å². The van der Waals surface area contributed by atoms with Crippen LogP contribution in [-0.2, 0) is 0 Å². The number of fused-ring (bicyclic) bond motifs is 1. The Morgan fingerprint density at radius 1 is 1.29 bits per heavy atom. The van der Waals surface area contributed by atoms with Crippen LogP contribution in [0.15, 0.2) is 28.3 Å². The molecule has 0 N–H and O–H groups in total. The molecule has 0 saturated carbocycles. The van der Waals surface area contributed by atoms with Gasteiger partial charge in [-0.05, 0) is 31.4 Å². The Morgan fingerprint density at radius 2 is 2.12 bits per heavy atom. The fourth-order valence-electron chi connectivity index (χ4n) is 2.55. The van der Waals surface area contributed by atoms with Gasteiger partial charge in [-0.3, -0.25) is 4.99 Å². The summed E-state index contributed by atoms with van der Waals surface area (Å²) in [5.74, 6) is 1.67. The van der Waals surface area contributed by atoms with Gasteiger partial charge < -0.3 is 4.90 Å². The molecule has 17 heavy (non-hydrogen) atoms. The SMILES string of the molecule is ClC1=CC2N=C(N3CCCCC3)SCC2C=C1. The lowest BCUT2D eigenvalue weighted by atomic mass is 9.97. The first kappa shape index (κ1) is 11.7. The molecule has 0 bridgehead atoms. The third-order valence-corrected chi connectivity index (χ3v) is 4.99. The Balaban J connectivity index is 1.76. The molecule has 1 fully saturated rings. The summed E-state index contributed by atoms with van der Waals surface area (Å²) < 4.78 is 0. The van der Waals surface area contributed by atoms with Gasteiger partial charge in [-0.25, -0.2) is 0 Å². The highest BCUT2D eigenvalue weighted by Gasteiger charge is 2.28. The molecule has 2 heterocycles. The molecule has 2 unspecified atom stereocenters. The first-order valence-corrected chi connectivity index (χ1v) is 7.70. The quantitative estimate of drug-likeness (QED) is 0.670. The van der Waals surface area contributed by atoms with Crippen molar-refractivity contribution >= 4 is 28.5 Å². The van der Waals surface area contributed by atoms with Crippen LogP contribution in [0.3, 0.4) is 0 Å². The molecule has 92 valence electrons. The van der Waals surface area contributed by atoms with Gasteiger partial charge in [-0.1, -0.05) is 29.4 Å². The van der Waals surface area contributed by atoms with Crippen molar-refractivity contribution < 1.29 is 0 Å². The molecule has 3 rings (SSSR count). The van der Waals surface area contributed by atoms with Gasteiger partial charge >= 0.3 is 0 Å². The van der Waals surface area contributed by atoms with Gasteiger partial charge in [0.2, 0.25) is 0 Å². The standard InChI is InChI=1S/C13H17ClN2S/c14-11-5-4-10-9-17-13(15-12(10)8-11)16-6-2-1-3-7-16/h4-5,8,10,12H,1-3,6-7,9H2. The molecular formula is C13H17ClN2S. The summed E-state index contributed by atoms with van der Waals surface area (Å²) in [7, 11) is 0. The highest BCUT2D eigenvalue weighted by Crippen LogP contribution is 2.31. The molecule has 2 nitrogen and oxygen atoms in total. The number of piperidine rings is 1. The lowest BCUT2D eigenvalue weighted by Gasteiger charge is -2.34. The molecule has 1 aliphatic carbocycles. The zero-order valence-corrected chi connectivity index (χ0v) is 11.4. The van der Waals surface area contributed by atoms with Gasteiger partial charge in [0.15, 0.2) is 5.17 Å². The normalized spacial score (nSPS) is 32.9.